The summed E-state index contributed by atoms with van der Waals surface area (Å²) in [6, 6.07) is 42.2. The molecule has 0 fully saturated rings. The third kappa shape index (κ3) is 7.71. The number of aryl methyl sites for hydroxylation is 1. The van der Waals surface area contributed by atoms with Crippen molar-refractivity contribution >= 4 is 58.8 Å². The van der Waals surface area contributed by atoms with E-state index < -0.39 is 16.1 Å². The summed E-state index contributed by atoms with van der Waals surface area (Å²) in [7, 11) is -2.62. The maximum absolute atomic E-state index is 4.83. The second-order valence-corrected chi connectivity index (χ2v) is 24.1. The zero-order chi connectivity index (χ0) is 31.8. The summed E-state index contributed by atoms with van der Waals surface area (Å²) in [5.41, 5.74) is 5.68. The molecule has 0 saturated carbocycles. The van der Waals surface area contributed by atoms with Gasteiger partial charge in [-0.1, -0.05) is 151 Å². The first kappa shape index (κ1) is 36.1. The van der Waals surface area contributed by atoms with Crippen molar-refractivity contribution in [3.05, 3.63) is 141 Å². The van der Waals surface area contributed by atoms with Gasteiger partial charge >= 0.3 is 0 Å². The van der Waals surface area contributed by atoms with Crippen LogP contribution in [-0.2, 0) is 20.1 Å². The number of nitrogens with zero attached hydrogens (tertiary/aromatic N) is 2. The van der Waals surface area contributed by atoms with Crippen LogP contribution in [0.3, 0.4) is 0 Å². The smallest absolute Gasteiger partial charge is 0.0798 e. The molecule has 5 heteroatoms. The van der Waals surface area contributed by atoms with Crippen LogP contribution in [-0.4, -0.2) is 26.1 Å². The molecule has 241 valence electrons. The van der Waals surface area contributed by atoms with Gasteiger partial charge < -0.3 is 12.4 Å². The van der Waals surface area contributed by atoms with Crippen LogP contribution in [0.5, 0.6) is 0 Å². The topological polar surface area (TPSA) is 25.8 Å². The summed E-state index contributed by atoms with van der Waals surface area (Å²) >= 11 is 0. The molecule has 0 saturated heterocycles. The van der Waals surface area contributed by atoms with E-state index in [0.717, 1.165) is 17.0 Å². The number of rotatable bonds is 4. The number of hydrogen-bond acceptors (Lipinski definition) is 2. The van der Waals surface area contributed by atoms with Crippen molar-refractivity contribution in [2.75, 3.05) is 0 Å². The monoisotopic (exact) mass is 825 g/mol. The van der Waals surface area contributed by atoms with Gasteiger partial charge in [0.1, 0.15) is 0 Å². The molecule has 0 amide bonds. The molecule has 0 spiro atoms. The molecule has 0 atom stereocenters. The van der Waals surface area contributed by atoms with Crippen LogP contribution in [0.1, 0.15) is 5.56 Å². The van der Waals surface area contributed by atoms with Crippen molar-refractivity contribution in [3.63, 3.8) is 0 Å². The number of benzene rings is 5. The molecule has 0 N–H and O–H groups in total. The van der Waals surface area contributed by atoms with E-state index in [1.54, 1.807) is 0 Å². The Kier molecular flexibility index (Phi) is 11.2. The Labute approximate surface area is 296 Å². The average molecular weight is 825 g/mol. The molecular weight excluding hydrogens is 781 g/mol. The summed E-state index contributed by atoms with van der Waals surface area (Å²) in [6.07, 6.45) is 4.02. The van der Waals surface area contributed by atoms with Crippen molar-refractivity contribution < 1.29 is 20.1 Å². The molecule has 0 aliphatic heterocycles. The van der Waals surface area contributed by atoms with Gasteiger partial charge in [-0.3, -0.25) is 4.98 Å². The normalized spacial score (nSPS) is 11.4. The van der Waals surface area contributed by atoms with Crippen LogP contribution in [0.25, 0.3) is 54.8 Å². The maximum Gasteiger partial charge on any atom is 0.0798 e. The Morgan fingerprint density at radius 3 is 1.66 bits per heavy atom. The summed E-state index contributed by atoms with van der Waals surface area (Å²) in [4.78, 5) is 9.27. The first-order valence-corrected chi connectivity index (χ1v) is 22.7. The van der Waals surface area contributed by atoms with Gasteiger partial charge in [0.05, 0.1) is 21.8 Å². The molecule has 0 aliphatic carbocycles. The third-order valence-electron chi connectivity index (χ3n) is 8.57. The van der Waals surface area contributed by atoms with Crippen molar-refractivity contribution in [1.29, 1.82) is 0 Å². The van der Waals surface area contributed by atoms with E-state index in [2.05, 4.69) is 167 Å². The third-order valence-corrected chi connectivity index (χ3v) is 12.7. The zero-order valence-corrected chi connectivity index (χ0v) is 33.2. The van der Waals surface area contributed by atoms with Crippen molar-refractivity contribution in [3.8, 4) is 22.5 Å². The minimum atomic E-state index is -1.38. The van der Waals surface area contributed by atoms with Gasteiger partial charge in [0.15, 0.2) is 0 Å². The van der Waals surface area contributed by atoms with Gasteiger partial charge in [-0.2, -0.15) is 0 Å². The van der Waals surface area contributed by atoms with E-state index in [-0.39, 0.29) is 27.5 Å². The van der Waals surface area contributed by atoms with E-state index in [0.29, 0.717) is 0 Å². The predicted molar refractivity (Wildman–Crippen MR) is 208 cm³/mol. The van der Waals surface area contributed by atoms with Crippen molar-refractivity contribution in [2.45, 2.75) is 46.2 Å². The first-order valence-electron chi connectivity index (χ1n) is 15.7. The van der Waals surface area contributed by atoms with Crippen LogP contribution in [0.4, 0.5) is 0 Å². The molecule has 0 aliphatic rings. The minimum absolute atomic E-state index is 0. The fraction of sp³-hybridized carbons (Fsp3) is 0.167. The van der Waals surface area contributed by atoms with Crippen molar-refractivity contribution in [1.82, 2.24) is 9.97 Å². The van der Waals surface area contributed by atoms with Gasteiger partial charge in [-0.05, 0) is 46.1 Å². The molecular formula is C42H44IrN2Si2-2. The van der Waals surface area contributed by atoms with E-state index in [1.807, 2.05) is 12.3 Å². The van der Waals surface area contributed by atoms with Crippen LogP contribution in [0.15, 0.2) is 122 Å². The van der Waals surface area contributed by atoms with Crippen LogP contribution < -0.4 is 10.4 Å². The second-order valence-electron chi connectivity index (χ2n) is 13.9. The molecule has 2 nitrogen and oxygen atoms in total. The molecule has 7 aromatic rings. The Morgan fingerprint density at radius 1 is 0.553 bits per heavy atom. The van der Waals surface area contributed by atoms with Gasteiger partial charge in [0.25, 0.3) is 0 Å². The van der Waals surface area contributed by atoms with Crippen molar-refractivity contribution in [2.24, 2.45) is 0 Å². The summed E-state index contributed by atoms with van der Waals surface area (Å²) in [5, 5.41) is 10.6. The van der Waals surface area contributed by atoms with E-state index in [4.69, 9.17) is 4.98 Å². The van der Waals surface area contributed by atoms with Gasteiger partial charge in [0, 0.05) is 38.1 Å². The summed E-state index contributed by atoms with van der Waals surface area (Å²) in [6.45, 7) is 16.4. The quantitative estimate of drug-likeness (QED) is 0.100. The largest absolute Gasteiger partial charge is 0.358 e. The molecule has 0 bridgehead atoms. The Morgan fingerprint density at radius 2 is 1.11 bits per heavy atom. The number of pyridine rings is 2. The molecule has 47 heavy (non-hydrogen) atoms. The molecule has 5 aromatic carbocycles. The molecule has 7 rings (SSSR count). The summed E-state index contributed by atoms with van der Waals surface area (Å²) < 4.78 is 0. The van der Waals surface area contributed by atoms with Crippen LogP contribution >= 0.6 is 0 Å². The second kappa shape index (κ2) is 14.6. The van der Waals surface area contributed by atoms with Crippen LogP contribution in [0, 0.1) is 20.4 Å². The number of fused-ring (bicyclic) bond motifs is 6. The van der Waals surface area contributed by atoms with E-state index in [9.17, 15) is 0 Å². The molecule has 0 unspecified atom stereocenters. The van der Waals surface area contributed by atoms with E-state index >= 15 is 0 Å². The molecule has 1 radical (unpaired) electrons. The Bertz CT molecular complexity index is 2110. The first-order chi connectivity index (χ1) is 21.5. The molecule has 2 aromatic heterocycles. The summed E-state index contributed by atoms with van der Waals surface area (Å²) in [5.74, 6) is 0. The maximum atomic E-state index is 4.83. The molecule has 2 heterocycles. The van der Waals surface area contributed by atoms with E-state index in [1.165, 1.54) is 53.8 Å². The number of aromatic nitrogens is 2. The SMILES string of the molecule is C[Si](C)(C)c1ccnc(-c2ccccc2)c1.Cc1cc(-c2[c-]cc3c4ccccc4c4ccccc4c3c2)ncc1[Si](C)(C)C.[CH3-].[Ir]. The predicted octanol–water partition coefficient (Wildman–Crippen LogP) is 10.6. The zero-order valence-electron chi connectivity index (χ0n) is 28.8. The number of hydrogen-bond donors (Lipinski definition) is 0. The Balaban J connectivity index is 0.000000238. The average Bonchev–Trinajstić information content (AvgIpc) is 3.04. The van der Waals surface area contributed by atoms with Gasteiger partial charge in [0.2, 0.25) is 0 Å². The minimum Gasteiger partial charge on any atom is -0.358 e. The Hall–Kier alpha value is -3.74. The van der Waals surface area contributed by atoms with Crippen LogP contribution in [0.2, 0.25) is 39.3 Å². The fourth-order valence-corrected chi connectivity index (χ4v) is 8.99. The van der Waals surface area contributed by atoms with Gasteiger partial charge in [-0.25, -0.2) is 0 Å². The standard InChI is InChI=1S/C27H24NSi.C14H17NSi.CH3.Ir/c1-18-15-26(28-17-27(18)29(2,3)4)19-13-14-24-22-11-6-5-9-20(22)21-10-7-8-12-23(21)25(24)16-19;1-16(2,3)13-9-10-15-14(11-13)12-7-5-4-6-8-12;;/h5-12,14-17H,1-4H3;4-11H,1-3H3;1H3;/q-1;;-1;. The fourth-order valence-electron chi connectivity index (χ4n) is 6.14. The van der Waals surface area contributed by atoms with Gasteiger partial charge in [-0.15, -0.1) is 23.8 Å².